The number of phenols is 1. The van der Waals surface area contributed by atoms with Crippen LogP contribution in [0, 0.1) is 17.6 Å². The smallest absolute Gasteiger partial charge is 0.195 e. The Labute approximate surface area is 102 Å². The summed E-state index contributed by atoms with van der Waals surface area (Å²) in [5.74, 6) is -3.56. The lowest BCUT2D eigenvalue weighted by atomic mass is 10.1. The molecule has 0 aliphatic rings. The van der Waals surface area contributed by atoms with Crippen molar-refractivity contribution in [2.75, 3.05) is 20.6 Å². The number of quaternary nitrogens is 1. The molecule has 0 unspecified atom stereocenters. The Bertz CT molecular complexity index is 593. The van der Waals surface area contributed by atoms with Gasteiger partial charge in [-0.2, -0.15) is 4.39 Å². The Kier molecular flexibility index (Phi) is 3.21. The molecule has 0 atom stereocenters. The maximum Gasteiger partial charge on any atom is 0.195 e. The molecule has 2 aromatic rings. The standard InChI is InChI=1S/C12H13F3N2O/c1-17(2)4-3-6-9-8(18)5-7(13)10(14)11(9)16-12(6)15/h5,16,18H,3-4H2,1-2H3/p+1. The Morgan fingerprint density at radius 1 is 1.28 bits per heavy atom. The third-order valence-corrected chi connectivity index (χ3v) is 2.88. The Morgan fingerprint density at radius 2 is 1.94 bits per heavy atom. The number of hydrogen-bond donors (Lipinski definition) is 3. The predicted molar refractivity (Wildman–Crippen MR) is 61.2 cm³/mol. The van der Waals surface area contributed by atoms with Gasteiger partial charge in [0.15, 0.2) is 17.6 Å². The van der Waals surface area contributed by atoms with Crippen molar-refractivity contribution in [1.82, 2.24) is 4.98 Å². The number of likely N-dealkylation sites (N-methyl/N-ethyl adjacent to an activating group) is 1. The second-order valence-corrected chi connectivity index (χ2v) is 4.57. The normalized spacial score (nSPS) is 11.7. The van der Waals surface area contributed by atoms with E-state index >= 15 is 0 Å². The van der Waals surface area contributed by atoms with Gasteiger partial charge < -0.3 is 15.0 Å². The van der Waals surface area contributed by atoms with Gasteiger partial charge in [-0.1, -0.05) is 0 Å². The van der Waals surface area contributed by atoms with Crippen molar-refractivity contribution in [3.63, 3.8) is 0 Å². The van der Waals surface area contributed by atoms with E-state index in [1.54, 1.807) is 0 Å². The molecule has 18 heavy (non-hydrogen) atoms. The molecule has 6 heteroatoms. The zero-order chi connectivity index (χ0) is 13.4. The summed E-state index contributed by atoms with van der Waals surface area (Å²) >= 11 is 0. The van der Waals surface area contributed by atoms with Crippen LogP contribution in [0.15, 0.2) is 6.07 Å². The van der Waals surface area contributed by atoms with E-state index in [0.717, 1.165) is 4.90 Å². The number of hydrogen-bond acceptors (Lipinski definition) is 1. The zero-order valence-corrected chi connectivity index (χ0v) is 10.1. The highest BCUT2D eigenvalue weighted by Gasteiger charge is 2.21. The molecule has 3 N–H and O–H groups in total. The molecule has 0 amide bonds. The molecule has 0 aliphatic heterocycles. The van der Waals surface area contributed by atoms with Gasteiger partial charge in [-0.25, -0.2) is 8.78 Å². The van der Waals surface area contributed by atoms with Gasteiger partial charge in [-0.15, -0.1) is 0 Å². The summed E-state index contributed by atoms with van der Waals surface area (Å²) in [6.07, 6.45) is 0.326. The molecule has 1 heterocycles. The average Bonchev–Trinajstić information content (AvgIpc) is 2.61. The Morgan fingerprint density at radius 3 is 2.56 bits per heavy atom. The number of benzene rings is 1. The van der Waals surface area contributed by atoms with Gasteiger partial charge in [-0.3, -0.25) is 0 Å². The number of fused-ring (bicyclic) bond motifs is 1. The molecular formula is C12H14F3N2O+. The van der Waals surface area contributed by atoms with Crippen molar-refractivity contribution in [2.24, 2.45) is 0 Å². The van der Waals surface area contributed by atoms with Crippen LogP contribution < -0.4 is 4.90 Å². The van der Waals surface area contributed by atoms with Crippen LogP contribution in [0.1, 0.15) is 5.56 Å². The molecule has 0 aliphatic carbocycles. The van der Waals surface area contributed by atoms with Gasteiger partial charge >= 0.3 is 0 Å². The van der Waals surface area contributed by atoms with E-state index in [9.17, 15) is 18.3 Å². The van der Waals surface area contributed by atoms with Crippen LogP contribution >= 0.6 is 0 Å². The number of phenolic OH excluding ortho intramolecular Hbond substituents is 1. The Balaban J connectivity index is 2.60. The van der Waals surface area contributed by atoms with Crippen molar-refractivity contribution in [1.29, 1.82) is 0 Å². The van der Waals surface area contributed by atoms with E-state index < -0.39 is 23.3 Å². The van der Waals surface area contributed by atoms with Crippen molar-refractivity contribution in [3.8, 4) is 5.75 Å². The summed E-state index contributed by atoms with van der Waals surface area (Å²) in [7, 11) is 3.79. The van der Waals surface area contributed by atoms with Crippen molar-refractivity contribution in [3.05, 3.63) is 29.2 Å². The topological polar surface area (TPSA) is 40.5 Å². The van der Waals surface area contributed by atoms with Crippen LogP contribution in [0.3, 0.4) is 0 Å². The summed E-state index contributed by atoms with van der Waals surface area (Å²) < 4.78 is 40.2. The molecule has 0 spiro atoms. The third-order valence-electron chi connectivity index (χ3n) is 2.88. The molecule has 2 rings (SSSR count). The van der Waals surface area contributed by atoms with E-state index in [0.29, 0.717) is 19.0 Å². The lowest BCUT2D eigenvalue weighted by Gasteiger charge is -2.07. The first-order chi connectivity index (χ1) is 8.41. The molecule has 0 radical (unpaired) electrons. The molecule has 1 aromatic carbocycles. The minimum Gasteiger partial charge on any atom is -0.507 e. The number of H-pyrrole nitrogens is 1. The maximum atomic E-state index is 13.7. The van der Waals surface area contributed by atoms with E-state index in [2.05, 4.69) is 4.98 Å². The molecule has 0 saturated carbocycles. The van der Waals surface area contributed by atoms with Crippen LogP contribution in [0.4, 0.5) is 13.2 Å². The second-order valence-electron chi connectivity index (χ2n) is 4.57. The largest absolute Gasteiger partial charge is 0.507 e. The van der Waals surface area contributed by atoms with Gasteiger partial charge in [-0.05, 0) is 0 Å². The monoisotopic (exact) mass is 259 g/mol. The summed E-state index contributed by atoms with van der Waals surface area (Å²) in [5.41, 5.74) is -0.142. The number of aromatic hydroxyl groups is 1. The first-order valence-corrected chi connectivity index (χ1v) is 5.58. The molecular weight excluding hydrogens is 245 g/mol. The van der Waals surface area contributed by atoms with Crippen LogP contribution in [0.2, 0.25) is 0 Å². The molecule has 0 bridgehead atoms. The second kappa shape index (κ2) is 4.53. The fourth-order valence-electron chi connectivity index (χ4n) is 1.94. The molecule has 0 fully saturated rings. The SMILES string of the molecule is C[NH+](C)CCc1c(F)[nH]c2c(F)c(F)cc(O)c12. The fourth-order valence-corrected chi connectivity index (χ4v) is 1.94. The van der Waals surface area contributed by atoms with Crippen molar-refractivity contribution >= 4 is 10.9 Å². The summed E-state index contributed by atoms with van der Waals surface area (Å²) in [5, 5.41) is 9.66. The molecule has 98 valence electrons. The van der Waals surface area contributed by atoms with Crippen molar-refractivity contribution in [2.45, 2.75) is 6.42 Å². The molecule has 1 aromatic heterocycles. The fraction of sp³-hybridized carbons (Fsp3) is 0.333. The van der Waals surface area contributed by atoms with Gasteiger partial charge in [0.25, 0.3) is 0 Å². The number of rotatable bonds is 3. The highest BCUT2D eigenvalue weighted by Crippen LogP contribution is 2.33. The van der Waals surface area contributed by atoms with Gasteiger partial charge in [0, 0.05) is 18.1 Å². The first kappa shape index (κ1) is 12.8. The quantitative estimate of drug-likeness (QED) is 0.755. The first-order valence-electron chi connectivity index (χ1n) is 5.58. The van der Waals surface area contributed by atoms with Crippen LogP contribution in [-0.4, -0.2) is 30.7 Å². The minimum absolute atomic E-state index is 0.0210. The number of aromatic nitrogens is 1. The van der Waals surface area contributed by atoms with Crippen LogP contribution in [-0.2, 0) is 6.42 Å². The summed E-state index contributed by atoms with van der Waals surface area (Å²) in [6.45, 7) is 0.613. The highest BCUT2D eigenvalue weighted by molar-refractivity contribution is 5.89. The lowest BCUT2D eigenvalue weighted by Crippen LogP contribution is -3.06. The van der Waals surface area contributed by atoms with E-state index in [-0.39, 0.29) is 16.5 Å². The predicted octanol–water partition coefficient (Wildman–Crippen LogP) is 0.978. The lowest BCUT2D eigenvalue weighted by molar-refractivity contribution is -0.858. The number of aromatic amines is 1. The van der Waals surface area contributed by atoms with Crippen molar-refractivity contribution < 1.29 is 23.2 Å². The third kappa shape index (κ3) is 2.03. The van der Waals surface area contributed by atoms with Crippen LogP contribution in [0.25, 0.3) is 10.9 Å². The van der Waals surface area contributed by atoms with E-state index in [4.69, 9.17) is 0 Å². The number of halogens is 3. The zero-order valence-electron chi connectivity index (χ0n) is 10.1. The summed E-state index contributed by atoms with van der Waals surface area (Å²) in [4.78, 5) is 3.24. The van der Waals surface area contributed by atoms with E-state index in [1.165, 1.54) is 0 Å². The highest BCUT2D eigenvalue weighted by atomic mass is 19.2. The Hall–Kier alpha value is -1.69. The minimum atomic E-state index is -1.20. The average molecular weight is 259 g/mol. The van der Waals surface area contributed by atoms with Gasteiger partial charge in [0.05, 0.1) is 31.5 Å². The van der Waals surface area contributed by atoms with Gasteiger partial charge in [0.1, 0.15) is 5.75 Å². The molecule has 0 saturated heterocycles. The van der Waals surface area contributed by atoms with Gasteiger partial charge in [0.2, 0.25) is 0 Å². The van der Waals surface area contributed by atoms with Crippen LogP contribution in [0.5, 0.6) is 5.75 Å². The summed E-state index contributed by atoms with van der Waals surface area (Å²) in [6, 6.07) is 0.664. The number of nitrogens with one attached hydrogen (secondary N) is 2. The maximum absolute atomic E-state index is 13.7. The molecule has 3 nitrogen and oxygen atoms in total. The van der Waals surface area contributed by atoms with E-state index in [1.807, 2.05) is 14.1 Å².